The summed E-state index contributed by atoms with van der Waals surface area (Å²) in [5.41, 5.74) is 7.39. The van der Waals surface area contributed by atoms with Crippen LogP contribution < -0.4 is 5.73 Å². The third-order valence-corrected chi connectivity index (χ3v) is 5.38. The molecule has 0 aliphatic carbocycles. The molecular formula is C18H22N4O3S. The van der Waals surface area contributed by atoms with Gasteiger partial charge >= 0.3 is 0 Å². The second-order valence-electron chi connectivity index (χ2n) is 6.43. The minimum atomic E-state index is -0.271. The van der Waals surface area contributed by atoms with E-state index < -0.39 is 0 Å². The number of likely N-dealkylation sites (tertiary alicyclic amines) is 1. The van der Waals surface area contributed by atoms with Crippen molar-refractivity contribution in [2.75, 3.05) is 18.8 Å². The Balaban J connectivity index is 1.44. The Bertz CT molecular complexity index is 767. The van der Waals surface area contributed by atoms with Gasteiger partial charge in [-0.25, -0.2) is 0 Å². The maximum atomic E-state index is 12.2. The highest BCUT2D eigenvalue weighted by Gasteiger charge is 2.25. The number of nitrogens with zero attached hydrogens (tertiary/aromatic N) is 3. The molecule has 0 atom stereocenters. The van der Waals surface area contributed by atoms with E-state index in [1.165, 1.54) is 17.3 Å². The Labute approximate surface area is 156 Å². The monoisotopic (exact) mass is 374 g/mol. The van der Waals surface area contributed by atoms with Crippen LogP contribution in [0.2, 0.25) is 0 Å². The normalized spacial score (nSPS) is 15.2. The fraction of sp³-hybridized carbons (Fsp3) is 0.444. The lowest BCUT2D eigenvalue weighted by Crippen LogP contribution is -2.42. The van der Waals surface area contributed by atoms with Gasteiger partial charge in [0.1, 0.15) is 0 Å². The molecule has 0 saturated carbocycles. The second-order valence-corrected chi connectivity index (χ2v) is 7.41. The van der Waals surface area contributed by atoms with Crippen molar-refractivity contribution in [3.05, 3.63) is 35.7 Å². The predicted molar refractivity (Wildman–Crippen MR) is 99.1 cm³/mol. The Kier molecular flexibility index (Phi) is 5.92. The fourth-order valence-corrected chi connectivity index (χ4v) is 3.61. The molecule has 1 fully saturated rings. The summed E-state index contributed by atoms with van der Waals surface area (Å²) in [6.45, 7) is 3.20. The molecule has 1 aromatic heterocycles. The molecule has 1 saturated heterocycles. The van der Waals surface area contributed by atoms with Crippen molar-refractivity contribution in [2.45, 2.75) is 25.5 Å². The summed E-state index contributed by atoms with van der Waals surface area (Å²) in [7, 11) is 0. The minimum Gasteiger partial charge on any atom is -0.369 e. The van der Waals surface area contributed by atoms with Gasteiger partial charge in [0.05, 0.1) is 11.5 Å². The molecule has 8 heteroatoms. The van der Waals surface area contributed by atoms with Gasteiger partial charge in [-0.1, -0.05) is 35.0 Å². The summed E-state index contributed by atoms with van der Waals surface area (Å²) in [6.07, 6.45) is 1.30. The zero-order valence-corrected chi connectivity index (χ0v) is 15.5. The summed E-state index contributed by atoms with van der Waals surface area (Å²) in [5.74, 6) is 1.59. The molecule has 2 N–H and O–H groups in total. The molecule has 3 rings (SSSR count). The van der Waals surface area contributed by atoms with E-state index >= 15 is 0 Å². The summed E-state index contributed by atoms with van der Waals surface area (Å²) in [6, 6.07) is 7.91. The lowest BCUT2D eigenvalue weighted by atomic mass is 9.96. The quantitative estimate of drug-likeness (QED) is 0.830. The van der Waals surface area contributed by atoms with E-state index in [1.54, 1.807) is 4.90 Å². The van der Waals surface area contributed by atoms with Crippen molar-refractivity contribution >= 4 is 23.6 Å². The largest absolute Gasteiger partial charge is 0.369 e. The number of thioether (sulfide) groups is 1. The second kappa shape index (κ2) is 8.35. The average Bonchev–Trinajstić information content (AvgIpc) is 3.11. The molecule has 2 aromatic rings. The van der Waals surface area contributed by atoms with E-state index in [9.17, 15) is 9.59 Å². The predicted octanol–water partition coefficient (Wildman–Crippen LogP) is 2.00. The number of aryl methyl sites for hydroxylation is 1. The first-order chi connectivity index (χ1) is 12.5. The molecule has 26 heavy (non-hydrogen) atoms. The van der Waals surface area contributed by atoms with Crippen LogP contribution in [-0.2, 0) is 15.3 Å². The van der Waals surface area contributed by atoms with E-state index in [1.807, 2.05) is 31.2 Å². The van der Waals surface area contributed by atoms with Gasteiger partial charge in [0.15, 0.2) is 0 Å². The number of piperidine rings is 1. The highest BCUT2D eigenvalue weighted by Crippen LogP contribution is 2.20. The number of rotatable bonds is 6. The van der Waals surface area contributed by atoms with Gasteiger partial charge in [-0.05, 0) is 19.8 Å². The van der Waals surface area contributed by atoms with Gasteiger partial charge in [-0.15, -0.1) is 11.8 Å². The van der Waals surface area contributed by atoms with E-state index in [2.05, 4.69) is 10.1 Å². The van der Waals surface area contributed by atoms with Crippen molar-refractivity contribution < 1.29 is 14.1 Å². The van der Waals surface area contributed by atoms with Crippen LogP contribution in [0.3, 0.4) is 0 Å². The number of carbonyl (C=O) groups excluding carboxylic acids is 2. The highest BCUT2D eigenvalue weighted by atomic mass is 32.2. The van der Waals surface area contributed by atoms with Crippen molar-refractivity contribution in [3.63, 3.8) is 0 Å². The van der Waals surface area contributed by atoms with Crippen LogP contribution in [0.15, 0.2) is 28.8 Å². The van der Waals surface area contributed by atoms with E-state index in [0.717, 1.165) is 5.56 Å². The van der Waals surface area contributed by atoms with Gasteiger partial charge in [0.2, 0.25) is 23.5 Å². The summed E-state index contributed by atoms with van der Waals surface area (Å²) in [4.78, 5) is 29.6. The highest BCUT2D eigenvalue weighted by molar-refractivity contribution is 7.99. The van der Waals surface area contributed by atoms with Crippen molar-refractivity contribution in [3.8, 4) is 11.4 Å². The van der Waals surface area contributed by atoms with Crippen molar-refractivity contribution in [1.82, 2.24) is 15.0 Å². The molecule has 0 bridgehead atoms. The number of hydrogen-bond acceptors (Lipinski definition) is 6. The van der Waals surface area contributed by atoms with Crippen LogP contribution in [0.1, 0.15) is 24.3 Å². The lowest BCUT2D eigenvalue weighted by Gasteiger charge is -2.30. The van der Waals surface area contributed by atoms with Crippen molar-refractivity contribution in [1.29, 1.82) is 0 Å². The molecule has 2 heterocycles. The van der Waals surface area contributed by atoms with Crippen molar-refractivity contribution in [2.24, 2.45) is 11.7 Å². The lowest BCUT2D eigenvalue weighted by molar-refractivity contribution is -0.132. The van der Waals surface area contributed by atoms with Crippen LogP contribution in [0.4, 0.5) is 0 Å². The third-order valence-electron chi connectivity index (χ3n) is 4.48. The molecule has 2 amide bonds. The van der Waals surface area contributed by atoms with Crippen LogP contribution in [0.5, 0.6) is 0 Å². The molecule has 1 aliphatic rings. The zero-order chi connectivity index (χ0) is 18.5. The molecule has 0 radical (unpaired) electrons. The summed E-state index contributed by atoms with van der Waals surface area (Å²) < 4.78 is 5.26. The van der Waals surface area contributed by atoms with E-state index in [0.29, 0.717) is 49.2 Å². The number of amides is 2. The maximum absolute atomic E-state index is 12.2. The number of benzene rings is 1. The average molecular weight is 374 g/mol. The molecule has 0 unspecified atom stereocenters. The smallest absolute Gasteiger partial charge is 0.236 e. The Morgan fingerprint density at radius 3 is 2.62 bits per heavy atom. The van der Waals surface area contributed by atoms with Gasteiger partial charge < -0.3 is 15.2 Å². The van der Waals surface area contributed by atoms with E-state index in [4.69, 9.17) is 10.3 Å². The van der Waals surface area contributed by atoms with Gasteiger partial charge in [-0.2, -0.15) is 4.98 Å². The van der Waals surface area contributed by atoms with Crippen LogP contribution in [-0.4, -0.2) is 45.7 Å². The fourth-order valence-electron chi connectivity index (χ4n) is 2.86. The van der Waals surface area contributed by atoms with Gasteiger partial charge in [0, 0.05) is 24.6 Å². The SMILES string of the molecule is Cc1ccc(-c2noc(CSCC(=O)N3CCC(C(N)=O)CC3)n2)cc1. The summed E-state index contributed by atoms with van der Waals surface area (Å²) in [5, 5.41) is 3.99. The van der Waals surface area contributed by atoms with E-state index in [-0.39, 0.29) is 17.7 Å². The summed E-state index contributed by atoms with van der Waals surface area (Å²) >= 11 is 1.45. The number of nitrogens with two attached hydrogens (primary N) is 1. The Hall–Kier alpha value is -2.35. The first kappa shape index (κ1) is 18.4. The molecular weight excluding hydrogens is 352 g/mol. The number of aromatic nitrogens is 2. The molecule has 138 valence electrons. The zero-order valence-electron chi connectivity index (χ0n) is 14.7. The molecule has 0 spiro atoms. The number of carbonyl (C=O) groups is 2. The van der Waals surface area contributed by atoms with Crippen LogP contribution >= 0.6 is 11.8 Å². The third kappa shape index (κ3) is 4.63. The first-order valence-corrected chi connectivity index (χ1v) is 9.73. The van der Waals surface area contributed by atoms with Crippen LogP contribution in [0, 0.1) is 12.8 Å². The topological polar surface area (TPSA) is 102 Å². The number of primary amides is 1. The maximum Gasteiger partial charge on any atom is 0.236 e. The first-order valence-electron chi connectivity index (χ1n) is 8.57. The Morgan fingerprint density at radius 1 is 1.27 bits per heavy atom. The van der Waals surface area contributed by atoms with Crippen LogP contribution in [0.25, 0.3) is 11.4 Å². The standard InChI is InChI=1S/C18H22N4O3S/c1-12-2-4-14(5-3-12)18-20-15(25-21-18)10-26-11-16(23)22-8-6-13(7-9-22)17(19)24/h2-5,13H,6-11H2,1H3,(H2,19,24). The minimum absolute atomic E-state index is 0.0659. The Morgan fingerprint density at radius 2 is 1.96 bits per heavy atom. The number of hydrogen-bond donors (Lipinski definition) is 1. The molecule has 7 nitrogen and oxygen atoms in total. The van der Waals surface area contributed by atoms with Gasteiger partial charge in [-0.3, -0.25) is 9.59 Å². The molecule has 1 aromatic carbocycles. The molecule has 1 aliphatic heterocycles. The van der Waals surface area contributed by atoms with Gasteiger partial charge in [0.25, 0.3) is 0 Å².